The Morgan fingerprint density at radius 1 is 0.889 bits per heavy atom. The lowest BCUT2D eigenvalue weighted by Gasteiger charge is -2.13. The second kappa shape index (κ2) is 10.0. The second-order valence-electron chi connectivity index (χ2n) is 8.59. The van der Waals surface area contributed by atoms with Crippen LogP contribution in [0.4, 0.5) is 8.78 Å². The van der Waals surface area contributed by atoms with E-state index in [2.05, 4.69) is 5.10 Å². The number of hydrogen-bond acceptors (Lipinski definition) is 5. The Bertz CT molecular complexity index is 1490. The molecule has 6 nitrogen and oxygen atoms in total. The number of ketones is 1. The van der Waals surface area contributed by atoms with Crippen LogP contribution >= 0.6 is 0 Å². The van der Waals surface area contributed by atoms with Gasteiger partial charge >= 0.3 is 0 Å². The minimum atomic E-state index is -3.39. The van der Waals surface area contributed by atoms with Gasteiger partial charge in [0.15, 0.2) is 22.2 Å². The molecule has 0 amide bonds. The molecule has 0 unspecified atom stereocenters. The molecule has 0 fully saturated rings. The van der Waals surface area contributed by atoms with Gasteiger partial charge in [-0.3, -0.25) is 9.48 Å². The predicted octanol–water partition coefficient (Wildman–Crippen LogP) is 5.74. The lowest BCUT2D eigenvalue weighted by Crippen LogP contribution is -2.12. The smallest absolute Gasteiger partial charge is 0.241 e. The summed E-state index contributed by atoms with van der Waals surface area (Å²) in [4.78, 5) is 12.8. The second-order valence-corrected chi connectivity index (χ2v) is 10.6. The van der Waals surface area contributed by atoms with Crippen molar-refractivity contribution in [2.24, 2.45) is 0 Å². The van der Waals surface area contributed by atoms with E-state index >= 15 is 0 Å². The van der Waals surface area contributed by atoms with Gasteiger partial charge in [-0.1, -0.05) is 24.3 Å². The van der Waals surface area contributed by atoms with Crippen LogP contribution in [0.5, 0.6) is 5.88 Å². The summed E-state index contributed by atoms with van der Waals surface area (Å²) in [6.45, 7) is 3.49. The molecule has 1 aromatic heterocycles. The van der Waals surface area contributed by atoms with Gasteiger partial charge in [-0.2, -0.15) is 0 Å². The largest absolute Gasteiger partial charge is 0.468 e. The molecule has 0 spiro atoms. The molecule has 4 rings (SSSR count). The maximum Gasteiger partial charge on any atom is 0.241 e. The summed E-state index contributed by atoms with van der Waals surface area (Å²) in [6, 6.07) is 17.2. The van der Waals surface area contributed by atoms with E-state index in [0.29, 0.717) is 27.9 Å². The number of aromatic nitrogens is 2. The molecule has 0 aliphatic rings. The quantitative estimate of drug-likeness (QED) is 0.283. The Labute approximate surface area is 208 Å². The number of carbonyl (C=O) groups is 1. The van der Waals surface area contributed by atoms with E-state index in [1.54, 1.807) is 28.9 Å². The van der Waals surface area contributed by atoms with Gasteiger partial charge in [0.1, 0.15) is 11.6 Å². The molecule has 9 heteroatoms. The average molecular weight is 511 g/mol. The Balaban J connectivity index is 1.81. The summed E-state index contributed by atoms with van der Waals surface area (Å²) in [5.74, 6) is -1.07. The predicted molar refractivity (Wildman–Crippen MR) is 133 cm³/mol. The highest BCUT2D eigenvalue weighted by atomic mass is 32.2. The first-order chi connectivity index (χ1) is 17.0. The topological polar surface area (TPSA) is 78.3 Å². The highest BCUT2D eigenvalue weighted by Gasteiger charge is 2.25. The third kappa shape index (κ3) is 5.36. The Morgan fingerprint density at radius 2 is 1.42 bits per heavy atom. The SMILES string of the molecule is CC(C)n1nc(OCC(=O)c2ccc(F)cc2)c(-c2ccc(F)cc2)c1-c1ccc(S(C)(=O)=O)cc1. The lowest BCUT2D eigenvalue weighted by atomic mass is 10.0. The zero-order valence-electron chi connectivity index (χ0n) is 19.9. The molecule has 0 aliphatic carbocycles. The number of rotatable bonds is 8. The highest BCUT2D eigenvalue weighted by Crippen LogP contribution is 2.41. The summed E-state index contributed by atoms with van der Waals surface area (Å²) in [6.07, 6.45) is 1.13. The third-order valence-electron chi connectivity index (χ3n) is 5.56. The van der Waals surface area contributed by atoms with E-state index in [4.69, 9.17) is 4.74 Å². The van der Waals surface area contributed by atoms with Gasteiger partial charge in [-0.25, -0.2) is 17.2 Å². The monoisotopic (exact) mass is 510 g/mol. The normalized spacial score (nSPS) is 11.6. The number of hydrogen-bond donors (Lipinski definition) is 0. The van der Waals surface area contributed by atoms with Crippen LogP contribution in [0.25, 0.3) is 22.4 Å². The molecule has 0 atom stereocenters. The summed E-state index contributed by atoms with van der Waals surface area (Å²) in [7, 11) is -3.39. The van der Waals surface area contributed by atoms with Crippen molar-refractivity contribution in [2.75, 3.05) is 12.9 Å². The maximum absolute atomic E-state index is 13.7. The number of Topliss-reactive ketones (excluding diaryl/α,β-unsaturated/α-hetero) is 1. The Hall–Kier alpha value is -3.85. The highest BCUT2D eigenvalue weighted by molar-refractivity contribution is 7.90. The van der Waals surface area contributed by atoms with Gasteiger partial charge in [-0.15, -0.1) is 5.10 Å². The van der Waals surface area contributed by atoms with Gasteiger partial charge < -0.3 is 4.74 Å². The molecule has 36 heavy (non-hydrogen) atoms. The summed E-state index contributed by atoms with van der Waals surface area (Å²) in [5.41, 5.74) is 2.72. The van der Waals surface area contributed by atoms with Crippen LogP contribution in [-0.2, 0) is 9.84 Å². The van der Waals surface area contributed by atoms with Crippen LogP contribution in [0.15, 0.2) is 77.7 Å². The first-order valence-corrected chi connectivity index (χ1v) is 13.0. The molecule has 0 saturated carbocycles. The van der Waals surface area contributed by atoms with Crippen LogP contribution < -0.4 is 4.74 Å². The van der Waals surface area contributed by atoms with E-state index in [1.165, 1.54) is 48.5 Å². The maximum atomic E-state index is 13.7. The number of halogens is 2. The summed E-state index contributed by atoms with van der Waals surface area (Å²) in [5, 5.41) is 4.61. The molecule has 0 aliphatic heterocycles. The number of sulfone groups is 1. The zero-order valence-corrected chi connectivity index (χ0v) is 20.7. The first kappa shape index (κ1) is 25.2. The summed E-state index contributed by atoms with van der Waals surface area (Å²) < 4.78 is 58.4. The number of nitrogens with zero attached hydrogens (tertiary/aromatic N) is 2. The molecule has 0 bridgehead atoms. The van der Waals surface area contributed by atoms with Gasteiger partial charge in [0, 0.05) is 23.4 Å². The average Bonchev–Trinajstić information content (AvgIpc) is 3.23. The lowest BCUT2D eigenvalue weighted by molar-refractivity contribution is 0.0917. The van der Waals surface area contributed by atoms with E-state index in [0.717, 1.165) is 6.26 Å². The fraction of sp³-hybridized carbons (Fsp3) is 0.185. The van der Waals surface area contributed by atoms with Crippen LogP contribution in [-0.4, -0.2) is 36.8 Å². The van der Waals surface area contributed by atoms with Crippen molar-refractivity contribution >= 4 is 15.6 Å². The third-order valence-corrected chi connectivity index (χ3v) is 6.69. The molecule has 3 aromatic carbocycles. The first-order valence-electron chi connectivity index (χ1n) is 11.1. The molecular weight excluding hydrogens is 486 g/mol. The Kier molecular flexibility index (Phi) is 7.03. The van der Waals surface area contributed by atoms with Gasteiger partial charge in [0.05, 0.1) is 16.2 Å². The molecule has 0 radical (unpaired) electrons. The molecule has 4 aromatic rings. The molecule has 186 valence electrons. The van der Waals surface area contributed by atoms with Crippen molar-refractivity contribution in [1.29, 1.82) is 0 Å². The van der Waals surface area contributed by atoms with Crippen molar-refractivity contribution < 1.29 is 26.7 Å². The van der Waals surface area contributed by atoms with Crippen LogP contribution in [0.1, 0.15) is 30.2 Å². The van der Waals surface area contributed by atoms with E-state index in [1.807, 2.05) is 13.8 Å². The van der Waals surface area contributed by atoms with Crippen molar-refractivity contribution in [1.82, 2.24) is 9.78 Å². The standard InChI is InChI=1S/C27H24F2N2O4S/c1-17(2)31-26(20-8-14-23(15-9-20)36(3,33)34)25(19-6-12-22(29)13-7-19)27(30-31)35-16-24(32)18-4-10-21(28)11-5-18/h4-15,17H,16H2,1-3H3. The molecule has 1 heterocycles. The van der Waals surface area contributed by atoms with Crippen LogP contribution in [0.3, 0.4) is 0 Å². The number of carbonyl (C=O) groups excluding carboxylic acids is 1. The van der Waals surface area contributed by atoms with Crippen molar-refractivity contribution in [2.45, 2.75) is 24.8 Å². The van der Waals surface area contributed by atoms with Crippen molar-refractivity contribution in [3.05, 3.63) is 90.0 Å². The van der Waals surface area contributed by atoms with E-state index in [9.17, 15) is 22.0 Å². The van der Waals surface area contributed by atoms with Crippen LogP contribution in [0.2, 0.25) is 0 Å². The van der Waals surface area contributed by atoms with Gasteiger partial charge in [-0.05, 0) is 67.9 Å². The Morgan fingerprint density at radius 3 is 1.94 bits per heavy atom. The number of ether oxygens (including phenoxy) is 1. The number of benzene rings is 3. The van der Waals surface area contributed by atoms with E-state index in [-0.39, 0.29) is 29.2 Å². The van der Waals surface area contributed by atoms with Crippen LogP contribution in [0, 0.1) is 11.6 Å². The fourth-order valence-corrected chi connectivity index (χ4v) is 4.39. The minimum Gasteiger partial charge on any atom is -0.468 e. The fourth-order valence-electron chi connectivity index (χ4n) is 3.75. The molecule has 0 N–H and O–H groups in total. The molecular formula is C27H24F2N2O4S. The zero-order chi connectivity index (χ0) is 26.0. The molecule has 0 saturated heterocycles. The minimum absolute atomic E-state index is 0.126. The van der Waals surface area contributed by atoms with Crippen molar-refractivity contribution in [3.8, 4) is 28.3 Å². The van der Waals surface area contributed by atoms with Crippen molar-refractivity contribution in [3.63, 3.8) is 0 Å². The van der Waals surface area contributed by atoms with Gasteiger partial charge in [0.25, 0.3) is 0 Å². The van der Waals surface area contributed by atoms with Gasteiger partial charge in [0.2, 0.25) is 5.88 Å². The van der Waals surface area contributed by atoms with E-state index < -0.39 is 21.5 Å². The summed E-state index contributed by atoms with van der Waals surface area (Å²) >= 11 is 0.